The van der Waals surface area contributed by atoms with E-state index in [2.05, 4.69) is 55.3 Å². The number of hydrazone groups is 1. The molecule has 1 unspecified atom stereocenters. The normalized spacial score (nSPS) is 17.6. The number of rotatable bonds is 5. The van der Waals surface area contributed by atoms with Crippen molar-refractivity contribution in [1.82, 2.24) is 5.43 Å². The van der Waals surface area contributed by atoms with Crippen molar-refractivity contribution in [3.8, 4) is 0 Å². The van der Waals surface area contributed by atoms with Gasteiger partial charge in [0.1, 0.15) is 0 Å². The summed E-state index contributed by atoms with van der Waals surface area (Å²) < 4.78 is 0. The van der Waals surface area contributed by atoms with Crippen LogP contribution in [-0.2, 0) is 0 Å². The highest BCUT2D eigenvalue weighted by Gasteiger charge is 2.35. The van der Waals surface area contributed by atoms with Crippen LogP contribution < -0.4 is 10.3 Å². The van der Waals surface area contributed by atoms with E-state index in [9.17, 15) is 14.9 Å². The zero-order valence-corrected chi connectivity index (χ0v) is 18.1. The number of nitrogens with zero attached hydrogens (tertiary/aromatic N) is 3. The van der Waals surface area contributed by atoms with Crippen molar-refractivity contribution in [1.29, 1.82) is 0 Å². The second-order valence-electron chi connectivity index (χ2n) is 8.43. The lowest BCUT2D eigenvalue weighted by Gasteiger charge is -2.47. The molecule has 0 radical (unpaired) electrons. The molecule has 1 aliphatic heterocycles. The van der Waals surface area contributed by atoms with Gasteiger partial charge in [-0.3, -0.25) is 14.9 Å². The minimum Gasteiger partial charge on any atom is -0.366 e. The first-order chi connectivity index (χ1) is 14.1. The molecule has 7 heteroatoms. The molecule has 1 aliphatic rings. The van der Waals surface area contributed by atoms with Crippen LogP contribution in [0, 0.1) is 17.0 Å². The van der Waals surface area contributed by atoms with Crippen molar-refractivity contribution < 1.29 is 9.72 Å². The Bertz CT molecular complexity index is 996. The number of nitrogens with one attached hydrogen (secondary N) is 1. The van der Waals surface area contributed by atoms with Gasteiger partial charge in [0.2, 0.25) is 0 Å². The standard InChI is InChI=1S/C23H28N4O3/c1-6-26-21-11-15(2)18(12-20(21)16(3)13-23(26,4)5)14-24-25-22(28)17-7-9-19(10-8-17)27(29)30/h7-12,14,16H,6,13H2,1-5H3,(H,25,28)/b24-14+. The SMILES string of the molecule is CCN1c2cc(C)c(/C=N/NC(=O)c3ccc([N+](=O)[O-])cc3)cc2C(C)CC1(C)C. The molecule has 0 aliphatic carbocycles. The molecule has 2 aromatic rings. The van der Waals surface area contributed by atoms with E-state index in [4.69, 9.17) is 0 Å². The second kappa shape index (κ2) is 8.26. The summed E-state index contributed by atoms with van der Waals surface area (Å²) in [5, 5.41) is 14.8. The number of nitro benzene ring substituents is 1. The monoisotopic (exact) mass is 408 g/mol. The van der Waals surface area contributed by atoms with Gasteiger partial charge in [-0.1, -0.05) is 6.92 Å². The van der Waals surface area contributed by atoms with Gasteiger partial charge < -0.3 is 4.90 Å². The highest BCUT2D eigenvalue weighted by atomic mass is 16.6. The molecule has 30 heavy (non-hydrogen) atoms. The number of benzene rings is 2. The minimum atomic E-state index is -0.500. The first-order valence-corrected chi connectivity index (χ1v) is 10.1. The van der Waals surface area contributed by atoms with Crippen molar-refractivity contribution in [3.63, 3.8) is 0 Å². The zero-order chi connectivity index (χ0) is 22.1. The fourth-order valence-corrected chi connectivity index (χ4v) is 4.35. The van der Waals surface area contributed by atoms with E-state index in [0.29, 0.717) is 11.5 Å². The third kappa shape index (κ3) is 4.20. The van der Waals surface area contributed by atoms with Crippen molar-refractivity contribution in [2.45, 2.75) is 52.5 Å². The molecule has 7 nitrogen and oxygen atoms in total. The Labute approximate surface area is 176 Å². The molecule has 0 saturated carbocycles. The first-order valence-electron chi connectivity index (χ1n) is 10.1. The van der Waals surface area contributed by atoms with Crippen LogP contribution in [0.5, 0.6) is 0 Å². The number of carbonyl (C=O) groups excluding carboxylic acids is 1. The Balaban J connectivity index is 1.79. The molecule has 158 valence electrons. The summed E-state index contributed by atoms with van der Waals surface area (Å²) in [7, 11) is 0. The van der Waals surface area contributed by atoms with Crippen LogP contribution in [0.25, 0.3) is 0 Å². The van der Waals surface area contributed by atoms with Gasteiger partial charge in [0.25, 0.3) is 11.6 Å². The number of hydrogen-bond acceptors (Lipinski definition) is 5. The van der Waals surface area contributed by atoms with E-state index in [0.717, 1.165) is 24.1 Å². The quantitative estimate of drug-likeness (QED) is 0.438. The fraction of sp³-hybridized carbons (Fsp3) is 0.391. The van der Waals surface area contributed by atoms with Gasteiger partial charge in [0.15, 0.2) is 0 Å². The van der Waals surface area contributed by atoms with E-state index in [1.54, 1.807) is 6.21 Å². The number of aryl methyl sites for hydroxylation is 1. The lowest BCUT2D eigenvalue weighted by atomic mass is 9.79. The maximum Gasteiger partial charge on any atom is 0.271 e. The largest absolute Gasteiger partial charge is 0.366 e. The summed E-state index contributed by atoms with van der Waals surface area (Å²) in [5.41, 5.74) is 7.48. The molecular weight excluding hydrogens is 380 g/mol. The van der Waals surface area contributed by atoms with Gasteiger partial charge >= 0.3 is 0 Å². The number of anilines is 1. The maximum atomic E-state index is 12.2. The molecular formula is C23H28N4O3. The molecule has 0 spiro atoms. The Morgan fingerprint density at radius 2 is 2.00 bits per heavy atom. The molecule has 2 aromatic carbocycles. The summed E-state index contributed by atoms with van der Waals surface area (Å²) in [6, 6.07) is 9.79. The van der Waals surface area contributed by atoms with E-state index >= 15 is 0 Å². The highest BCUT2D eigenvalue weighted by Crippen LogP contribution is 2.43. The highest BCUT2D eigenvalue weighted by molar-refractivity contribution is 5.95. The maximum absolute atomic E-state index is 12.2. The lowest BCUT2D eigenvalue weighted by molar-refractivity contribution is -0.384. The molecule has 1 atom stereocenters. The average Bonchev–Trinajstić information content (AvgIpc) is 2.68. The van der Waals surface area contributed by atoms with Crippen LogP contribution in [0.3, 0.4) is 0 Å². The number of hydrogen-bond donors (Lipinski definition) is 1. The molecule has 0 aromatic heterocycles. The number of amides is 1. The Morgan fingerprint density at radius 3 is 2.60 bits per heavy atom. The van der Waals surface area contributed by atoms with E-state index in [-0.39, 0.29) is 11.2 Å². The van der Waals surface area contributed by atoms with Crippen molar-refractivity contribution in [2.24, 2.45) is 5.10 Å². The summed E-state index contributed by atoms with van der Waals surface area (Å²) in [6.07, 6.45) is 2.73. The minimum absolute atomic E-state index is 0.0573. The van der Waals surface area contributed by atoms with E-state index in [1.165, 1.54) is 35.5 Å². The van der Waals surface area contributed by atoms with Crippen LogP contribution in [0.4, 0.5) is 11.4 Å². The van der Waals surface area contributed by atoms with Crippen LogP contribution in [0.2, 0.25) is 0 Å². The molecule has 1 heterocycles. The predicted octanol–water partition coefficient (Wildman–Crippen LogP) is 4.78. The lowest BCUT2D eigenvalue weighted by Crippen LogP contribution is -2.48. The summed E-state index contributed by atoms with van der Waals surface area (Å²) in [4.78, 5) is 24.9. The topological polar surface area (TPSA) is 87.8 Å². The van der Waals surface area contributed by atoms with Crippen LogP contribution in [0.15, 0.2) is 41.5 Å². The van der Waals surface area contributed by atoms with Gasteiger partial charge in [0.05, 0.1) is 11.1 Å². The molecule has 0 bridgehead atoms. The van der Waals surface area contributed by atoms with E-state index < -0.39 is 10.8 Å². The molecule has 1 N–H and O–H groups in total. The number of nitro groups is 1. The van der Waals surface area contributed by atoms with Crippen molar-refractivity contribution in [3.05, 3.63) is 68.8 Å². The van der Waals surface area contributed by atoms with Crippen LogP contribution >= 0.6 is 0 Å². The third-order valence-corrected chi connectivity index (χ3v) is 5.80. The molecule has 3 rings (SSSR count). The van der Waals surface area contributed by atoms with E-state index in [1.807, 2.05) is 6.92 Å². The van der Waals surface area contributed by atoms with Crippen molar-refractivity contribution >= 4 is 23.5 Å². The van der Waals surface area contributed by atoms with Gasteiger partial charge in [0, 0.05) is 35.5 Å². The molecule has 0 fully saturated rings. The Hall–Kier alpha value is -3.22. The zero-order valence-electron chi connectivity index (χ0n) is 18.1. The fourth-order valence-electron chi connectivity index (χ4n) is 4.35. The van der Waals surface area contributed by atoms with Crippen LogP contribution in [0.1, 0.15) is 67.1 Å². The second-order valence-corrected chi connectivity index (χ2v) is 8.43. The summed E-state index contributed by atoms with van der Waals surface area (Å²) >= 11 is 0. The Kier molecular flexibility index (Phi) is 5.92. The first kappa shape index (κ1) is 21.5. The number of fused-ring (bicyclic) bond motifs is 1. The van der Waals surface area contributed by atoms with Gasteiger partial charge in [-0.05, 0) is 81.0 Å². The Morgan fingerprint density at radius 1 is 1.33 bits per heavy atom. The smallest absolute Gasteiger partial charge is 0.271 e. The third-order valence-electron chi connectivity index (χ3n) is 5.80. The van der Waals surface area contributed by atoms with Gasteiger partial charge in [-0.25, -0.2) is 5.43 Å². The van der Waals surface area contributed by atoms with Crippen LogP contribution in [-0.4, -0.2) is 29.1 Å². The molecule has 1 amide bonds. The average molecular weight is 409 g/mol. The summed E-state index contributed by atoms with van der Waals surface area (Å²) in [6.45, 7) is 12.0. The van der Waals surface area contributed by atoms with Gasteiger partial charge in [-0.2, -0.15) is 5.10 Å². The number of carbonyl (C=O) groups is 1. The predicted molar refractivity (Wildman–Crippen MR) is 119 cm³/mol. The molecule has 0 saturated heterocycles. The van der Waals surface area contributed by atoms with Crippen molar-refractivity contribution in [2.75, 3.05) is 11.4 Å². The number of non-ortho nitro benzene ring substituents is 1. The van der Waals surface area contributed by atoms with Gasteiger partial charge in [-0.15, -0.1) is 0 Å². The summed E-state index contributed by atoms with van der Waals surface area (Å²) in [5.74, 6) is 0.0179.